The van der Waals surface area contributed by atoms with Crippen molar-refractivity contribution in [3.63, 3.8) is 0 Å². The molecule has 2 fully saturated rings. The van der Waals surface area contributed by atoms with Crippen LogP contribution >= 0.6 is 0 Å². The predicted molar refractivity (Wildman–Crippen MR) is 58.4 cm³/mol. The Hall–Kier alpha value is -1.35. The number of piperidine rings is 1. The van der Waals surface area contributed by atoms with E-state index in [4.69, 9.17) is 0 Å². The first-order chi connectivity index (χ1) is 7.36. The zero-order chi connectivity index (χ0) is 10.3. The molecule has 2 aliphatic rings. The van der Waals surface area contributed by atoms with Crippen LogP contribution in [0.25, 0.3) is 0 Å². The molecule has 3 atom stereocenters. The maximum atomic E-state index is 11.8. The predicted octanol–water partition coefficient (Wildman–Crippen LogP) is 1.09. The molecule has 0 radical (unpaired) electrons. The van der Waals surface area contributed by atoms with Gasteiger partial charge < -0.3 is 10.6 Å². The SMILES string of the molecule is O=C(Nc1ccccc1)C1C2CNC[C@H]21. The smallest absolute Gasteiger partial charge is 0.228 e. The van der Waals surface area contributed by atoms with Gasteiger partial charge in [0.05, 0.1) is 0 Å². The highest BCUT2D eigenvalue weighted by molar-refractivity contribution is 5.95. The Bertz CT molecular complexity index is 366. The summed E-state index contributed by atoms with van der Waals surface area (Å²) in [4.78, 5) is 11.8. The van der Waals surface area contributed by atoms with E-state index in [1.807, 2.05) is 30.3 Å². The first-order valence-corrected chi connectivity index (χ1v) is 5.43. The molecule has 0 aromatic heterocycles. The van der Waals surface area contributed by atoms with E-state index >= 15 is 0 Å². The van der Waals surface area contributed by atoms with Gasteiger partial charge in [0.25, 0.3) is 0 Å². The molecule has 1 aliphatic heterocycles. The molecule has 1 aromatic rings. The number of fused-ring (bicyclic) bond motifs is 1. The highest BCUT2D eigenvalue weighted by atomic mass is 16.2. The normalized spacial score (nSPS) is 32.1. The molecule has 3 nitrogen and oxygen atoms in total. The average Bonchev–Trinajstić information content (AvgIpc) is 2.75. The summed E-state index contributed by atoms with van der Waals surface area (Å²) in [6, 6.07) is 9.67. The Balaban J connectivity index is 1.63. The van der Waals surface area contributed by atoms with Crippen LogP contribution in [0.2, 0.25) is 0 Å². The molecule has 0 spiro atoms. The van der Waals surface area contributed by atoms with Crippen molar-refractivity contribution in [3.8, 4) is 0 Å². The second-order valence-electron chi connectivity index (χ2n) is 4.37. The first-order valence-electron chi connectivity index (χ1n) is 5.43. The fourth-order valence-corrected chi connectivity index (χ4v) is 2.55. The number of hydrogen-bond donors (Lipinski definition) is 2. The zero-order valence-electron chi connectivity index (χ0n) is 8.44. The van der Waals surface area contributed by atoms with Gasteiger partial charge in [-0.1, -0.05) is 18.2 Å². The number of para-hydroxylation sites is 1. The second kappa shape index (κ2) is 3.35. The molecule has 1 aromatic carbocycles. The molecule has 1 heterocycles. The van der Waals surface area contributed by atoms with Crippen molar-refractivity contribution < 1.29 is 4.79 Å². The van der Waals surface area contributed by atoms with Gasteiger partial charge in [0.1, 0.15) is 0 Å². The minimum Gasteiger partial charge on any atom is -0.326 e. The third-order valence-electron chi connectivity index (χ3n) is 3.44. The van der Waals surface area contributed by atoms with Gasteiger partial charge in [-0.2, -0.15) is 0 Å². The van der Waals surface area contributed by atoms with Gasteiger partial charge >= 0.3 is 0 Å². The molecule has 2 N–H and O–H groups in total. The minimum absolute atomic E-state index is 0.192. The van der Waals surface area contributed by atoms with Crippen LogP contribution in [0.15, 0.2) is 30.3 Å². The third-order valence-corrected chi connectivity index (χ3v) is 3.44. The minimum atomic E-state index is 0.192. The van der Waals surface area contributed by atoms with E-state index in [2.05, 4.69) is 10.6 Å². The van der Waals surface area contributed by atoms with Crippen LogP contribution in [-0.2, 0) is 4.79 Å². The Morgan fingerprint density at radius 2 is 1.87 bits per heavy atom. The van der Waals surface area contributed by atoms with Gasteiger partial charge in [-0.25, -0.2) is 0 Å². The van der Waals surface area contributed by atoms with Crippen molar-refractivity contribution >= 4 is 11.6 Å². The number of hydrogen-bond acceptors (Lipinski definition) is 2. The van der Waals surface area contributed by atoms with E-state index < -0.39 is 0 Å². The van der Waals surface area contributed by atoms with Crippen molar-refractivity contribution in [2.45, 2.75) is 0 Å². The summed E-state index contributed by atoms with van der Waals surface area (Å²) in [7, 11) is 0. The maximum absolute atomic E-state index is 11.8. The lowest BCUT2D eigenvalue weighted by molar-refractivity contribution is -0.118. The van der Waals surface area contributed by atoms with E-state index in [1.165, 1.54) is 0 Å². The van der Waals surface area contributed by atoms with Crippen LogP contribution in [0.5, 0.6) is 0 Å². The summed E-state index contributed by atoms with van der Waals surface area (Å²) in [6.07, 6.45) is 0. The van der Waals surface area contributed by atoms with Gasteiger partial charge in [-0.05, 0) is 37.1 Å². The topological polar surface area (TPSA) is 41.1 Å². The van der Waals surface area contributed by atoms with E-state index in [-0.39, 0.29) is 11.8 Å². The van der Waals surface area contributed by atoms with Gasteiger partial charge in [0.15, 0.2) is 0 Å². The van der Waals surface area contributed by atoms with Crippen LogP contribution in [0, 0.1) is 17.8 Å². The van der Waals surface area contributed by atoms with Crippen molar-refractivity contribution in [3.05, 3.63) is 30.3 Å². The van der Waals surface area contributed by atoms with Crippen molar-refractivity contribution in [1.82, 2.24) is 5.32 Å². The van der Waals surface area contributed by atoms with Crippen LogP contribution in [-0.4, -0.2) is 19.0 Å². The summed E-state index contributed by atoms with van der Waals surface area (Å²) in [6.45, 7) is 2.02. The summed E-state index contributed by atoms with van der Waals surface area (Å²) < 4.78 is 0. The number of benzene rings is 1. The molecule has 2 unspecified atom stereocenters. The van der Waals surface area contributed by atoms with Crippen LogP contribution in [0.4, 0.5) is 5.69 Å². The zero-order valence-corrected chi connectivity index (χ0v) is 8.44. The maximum Gasteiger partial charge on any atom is 0.228 e. The number of anilines is 1. The van der Waals surface area contributed by atoms with Gasteiger partial charge in [0.2, 0.25) is 5.91 Å². The fraction of sp³-hybridized carbons (Fsp3) is 0.417. The second-order valence-corrected chi connectivity index (χ2v) is 4.37. The lowest BCUT2D eigenvalue weighted by atomic mass is 10.2. The number of carbonyl (C=O) groups excluding carboxylic acids is 1. The van der Waals surface area contributed by atoms with Crippen LogP contribution in [0.1, 0.15) is 0 Å². The van der Waals surface area contributed by atoms with E-state index in [0.717, 1.165) is 18.8 Å². The molecule has 78 valence electrons. The molecule has 1 amide bonds. The molecule has 1 saturated heterocycles. The first kappa shape index (κ1) is 8.92. The van der Waals surface area contributed by atoms with Crippen molar-refractivity contribution in [2.75, 3.05) is 18.4 Å². The quantitative estimate of drug-likeness (QED) is 0.753. The van der Waals surface area contributed by atoms with E-state index in [9.17, 15) is 4.79 Å². The van der Waals surface area contributed by atoms with E-state index in [0.29, 0.717) is 11.8 Å². The Labute approximate surface area is 88.9 Å². The number of nitrogens with one attached hydrogen (secondary N) is 2. The molecule has 0 bridgehead atoms. The molecule has 1 aliphatic carbocycles. The molecule has 3 rings (SSSR count). The highest BCUT2D eigenvalue weighted by Crippen LogP contribution is 2.49. The summed E-state index contributed by atoms with van der Waals surface area (Å²) in [5.41, 5.74) is 0.903. The summed E-state index contributed by atoms with van der Waals surface area (Å²) in [5, 5.41) is 6.26. The van der Waals surface area contributed by atoms with Gasteiger partial charge in [-0.15, -0.1) is 0 Å². The van der Waals surface area contributed by atoms with Crippen molar-refractivity contribution in [1.29, 1.82) is 0 Å². The van der Waals surface area contributed by atoms with Crippen molar-refractivity contribution in [2.24, 2.45) is 17.8 Å². The lowest BCUT2D eigenvalue weighted by Crippen LogP contribution is -2.23. The average molecular weight is 202 g/mol. The van der Waals surface area contributed by atoms with E-state index in [1.54, 1.807) is 0 Å². The Morgan fingerprint density at radius 1 is 1.20 bits per heavy atom. The Morgan fingerprint density at radius 3 is 2.53 bits per heavy atom. The lowest BCUT2D eigenvalue weighted by Gasteiger charge is -2.06. The molecule has 1 saturated carbocycles. The Kier molecular flexibility index (Phi) is 1.99. The van der Waals surface area contributed by atoms with Crippen LogP contribution < -0.4 is 10.6 Å². The third kappa shape index (κ3) is 1.53. The molecule has 15 heavy (non-hydrogen) atoms. The molecular weight excluding hydrogens is 188 g/mol. The van der Waals surface area contributed by atoms with Crippen LogP contribution in [0.3, 0.4) is 0 Å². The van der Waals surface area contributed by atoms with Gasteiger partial charge in [-0.3, -0.25) is 4.79 Å². The fourth-order valence-electron chi connectivity index (χ4n) is 2.55. The highest BCUT2D eigenvalue weighted by Gasteiger charge is 2.56. The monoisotopic (exact) mass is 202 g/mol. The summed E-state index contributed by atoms with van der Waals surface area (Å²) in [5.74, 6) is 1.63. The molecular formula is C12H14N2O. The number of carbonyl (C=O) groups is 1. The standard InChI is InChI=1S/C12H14N2O/c15-12(11-9-6-13-7-10(9)11)14-8-4-2-1-3-5-8/h1-5,9-11,13H,6-7H2,(H,14,15)/t9-,10?,11?/m1/s1. The molecule has 3 heteroatoms. The number of rotatable bonds is 2. The summed E-state index contributed by atoms with van der Waals surface area (Å²) >= 11 is 0. The largest absolute Gasteiger partial charge is 0.326 e. The van der Waals surface area contributed by atoms with Gasteiger partial charge in [0, 0.05) is 11.6 Å². The number of amides is 1.